The Bertz CT molecular complexity index is 911. The van der Waals surface area contributed by atoms with Crippen molar-refractivity contribution in [2.45, 2.75) is 0 Å². The van der Waals surface area contributed by atoms with Gasteiger partial charge in [0.2, 0.25) is 0 Å². The van der Waals surface area contributed by atoms with E-state index in [0.29, 0.717) is 21.6 Å². The Morgan fingerprint density at radius 1 is 1.08 bits per heavy atom. The third-order valence-electron chi connectivity index (χ3n) is 3.51. The largest absolute Gasteiger partial charge is 0.493 e. The number of thioether (sulfide) groups is 1. The Hall–Kier alpha value is -1.77. The van der Waals surface area contributed by atoms with Crippen molar-refractivity contribution in [2.75, 3.05) is 14.2 Å². The van der Waals surface area contributed by atoms with Crippen LogP contribution in [0.4, 0.5) is 5.69 Å². The van der Waals surface area contributed by atoms with Crippen molar-refractivity contribution in [3.8, 4) is 11.5 Å². The summed E-state index contributed by atoms with van der Waals surface area (Å²) >= 11 is 8.19. The standard InChI is InChI=1S/C18H14Br2N2O3S/c1-24-13-8-3-10(15(20)16(13)25-2)9-14-17(23)22-18(26-14)21-12-6-4-11(19)5-7-12/h3-9H,1-2H3,(H,21,22,23)/b14-9+. The number of amidine groups is 1. The van der Waals surface area contributed by atoms with Gasteiger partial charge in [-0.05, 0) is 75.7 Å². The highest BCUT2D eigenvalue weighted by molar-refractivity contribution is 9.10. The van der Waals surface area contributed by atoms with Crippen LogP contribution < -0.4 is 14.8 Å². The van der Waals surface area contributed by atoms with E-state index in [1.165, 1.54) is 11.8 Å². The normalized spacial score (nSPS) is 16.8. The van der Waals surface area contributed by atoms with Gasteiger partial charge in [-0.3, -0.25) is 4.79 Å². The van der Waals surface area contributed by atoms with E-state index in [2.05, 4.69) is 42.2 Å². The number of carbonyl (C=O) groups is 1. The van der Waals surface area contributed by atoms with Crippen molar-refractivity contribution in [2.24, 2.45) is 4.99 Å². The Balaban J connectivity index is 1.88. The van der Waals surface area contributed by atoms with Gasteiger partial charge in [0.15, 0.2) is 16.7 Å². The summed E-state index contributed by atoms with van der Waals surface area (Å²) in [7, 11) is 3.15. The molecule has 0 aliphatic carbocycles. The third-order valence-corrected chi connectivity index (χ3v) is 5.77. The molecule has 0 aromatic heterocycles. The Kier molecular flexibility index (Phi) is 6.05. The first kappa shape index (κ1) is 19.0. The summed E-state index contributed by atoms with van der Waals surface area (Å²) in [6.07, 6.45) is 1.79. The Morgan fingerprint density at radius 2 is 1.81 bits per heavy atom. The van der Waals surface area contributed by atoms with Crippen molar-refractivity contribution in [3.63, 3.8) is 0 Å². The van der Waals surface area contributed by atoms with E-state index in [-0.39, 0.29) is 5.91 Å². The third kappa shape index (κ3) is 4.13. The zero-order valence-electron chi connectivity index (χ0n) is 13.9. The molecule has 0 spiro atoms. The molecule has 0 saturated carbocycles. The molecule has 0 bridgehead atoms. The van der Waals surface area contributed by atoms with Gasteiger partial charge in [0.25, 0.3) is 5.91 Å². The predicted molar refractivity (Wildman–Crippen MR) is 112 cm³/mol. The van der Waals surface area contributed by atoms with Crippen LogP contribution in [0.1, 0.15) is 5.56 Å². The minimum absolute atomic E-state index is 0.187. The van der Waals surface area contributed by atoms with Gasteiger partial charge in [0, 0.05) is 4.47 Å². The number of rotatable bonds is 4. The molecule has 0 radical (unpaired) electrons. The molecule has 0 unspecified atom stereocenters. The van der Waals surface area contributed by atoms with Crippen LogP contribution in [0.3, 0.4) is 0 Å². The van der Waals surface area contributed by atoms with Gasteiger partial charge < -0.3 is 14.8 Å². The van der Waals surface area contributed by atoms with Crippen LogP contribution >= 0.6 is 43.6 Å². The second-order valence-corrected chi connectivity index (χ2v) is 7.90. The minimum atomic E-state index is -0.187. The van der Waals surface area contributed by atoms with Crippen molar-refractivity contribution in [1.29, 1.82) is 0 Å². The summed E-state index contributed by atoms with van der Waals surface area (Å²) in [5.74, 6) is 1.00. The molecule has 1 N–H and O–H groups in total. The maximum Gasteiger partial charge on any atom is 0.264 e. The number of halogens is 2. The number of hydrogen-bond donors (Lipinski definition) is 1. The van der Waals surface area contributed by atoms with E-state index < -0.39 is 0 Å². The molecule has 1 heterocycles. The predicted octanol–water partition coefficient (Wildman–Crippen LogP) is 5.12. The van der Waals surface area contributed by atoms with Gasteiger partial charge >= 0.3 is 0 Å². The van der Waals surface area contributed by atoms with Crippen LogP contribution in [-0.4, -0.2) is 25.3 Å². The van der Waals surface area contributed by atoms with E-state index in [4.69, 9.17) is 9.47 Å². The SMILES string of the molecule is COc1ccc(/C=C2/SC(=Nc3ccc(Br)cc3)NC2=O)c(Br)c1OC. The number of amides is 1. The average molecular weight is 498 g/mol. The van der Waals surface area contributed by atoms with E-state index in [9.17, 15) is 4.79 Å². The first-order valence-electron chi connectivity index (χ1n) is 7.47. The maximum absolute atomic E-state index is 12.3. The summed E-state index contributed by atoms with van der Waals surface area (Å²) in [6, 6.07) is 11.2. The summed E-state index contributed by atoms with van der Waals surface area (Å²) in [4.78, 5) is 17.3. The van der Waals surface area contributed by atoms with Crippen LogP contribution in [0.2, 0.25) is 0 Å². The van der Waals surface area contributed by atoms with E-state index in [1.807, 2.05) is 30.3 Å². The van der Waals surface area contributed by atoms with E-state index in [1.54, 1.807) is 26.4 Å². The zero-order chi connectivity index (χ0) is 18.7. The summed E-state index contributed by atoms with van der Waals surface area (Å²) in [6.45, 7) is 0. The second-order valence-electron chi connectivity index (χ2n) is 5.16. The molecule has 0 atom stereocenters. The topological polar surface area (TPSA) is 59.9 Å². The van der Waals surface area contributed by atoms with Gasteiger partial charge in [-0.2, -0.15) is 0 Å². The number of nitrogens with one attached hydrogen (secondary N) is 1. The van der Waals surface area contributed by atoms with Crippen molar-refractivity contribution >= 4 is 66.5 Å². The summed E-state index contributed by atoms with van der Waals surface area (Å²) in [5.41, 5.74) is 1.58. The van der Waals surface area contributed by atoms with Crippen LogP contribution in [0.5, 0.6) is 11.5 Å². The molecule has 8 heteroatoms. The monoisotopic (exact) mass is 496 g/mol. The van der Waals surface area contributed by atoms with Crippen molar-refractivity contribution in [3.05, 3.63) is 55.8 Å². The Morgan fingerprint density at radius 3 is 2.46 bits per heavy atom. The fourth-order valence-electron chi connectivity index (χ4n) is 2.27. The van der Waals surface area contributed by atoms with Gasteiger partial charge in [0.1, 0.15) is 0 Å². The van der Waals surface area contributed by atoms with Crippen LogP contribution in [0, 0.1) is 0 Å². The van der Waals surface area contributed by atoms with Crippen LogP contribution in [0.15, 0.2) is 55.2 Å². The number of aliphatic imine (C=N–C) groups is 1. The molecule has 26 heavy (non-hydrogen) atoms. The molecule has 3 rings (SSSR count). The molecule has 2 aromatic rings. The number of ether oxygens (including phenoxy) is 2. The molecule has 134 valence electrons. The second kappa shape index (κ2) is 8.28. The molecule has 1 aliphatic heterocycles. The molecule has 5 nitrogen and oxygen atoms in total. The van der Waals surface area contributed by atoms with Gasteiger partial charge in [-0.15, -0.1) is 0 Å². The number of benzene rings is 2. The highest BCUT2D eigenvalue weighted by Gasteiger charge is 2.24. The van der Waals surface area contributed by atoms with E-state index in [0.717, 1.165) is 20.2 Å². The fourth-order valence-corrected chi connectivity index (χ4v) is 3.97. The molecule has 1 saturated heterocycles. The summed E-state index contributed by atoms with van der Waals surface area (Å²) < 4.78 is 12.3. The highest BCUT2D eigenvalue weighted by Crippen LogP contribution is 2.39. The molecular weight excluding hydrogens is 484 g/mol. The zero-order valence-corrected chi connectivity index (χ0v) is 17.9. The van der Waals surface area contributed by atoms with Gasteiger partial charge in [-0.1, -0.05) is 15.9 Å². The fraction of sp³-hybridized carbons (Fsp3) is 0.111. The van der Waals surface area contributed by atoms with Crippen molar-refractivity contribution < 1.29 is 14.3 Å². The number of hydrogen-bond acceptors (Lipinski definition) is 5. The van der Waals surface area contributed by atoms with Crippen LogP contribution in [-0.2, 0) is 4.79 Å². The Labute approximate surface area is 172 Å². The molecule has 1 amide bonds. The lowest BCUT2D eigenvalue weighted by Gasteiger charge is -2.11. The maximum atomic E-state index is 12.3. The lowest BCUT2D eigenvalue weighted by Crippen LogP contribution is -2.19. The molecule has 1 aliphatic rings. The first-order chi connectivity index (χ1) is 12.5. The number of methoxy groups -OCH3 is 2. The average Bonchev–Trinajstić information content (AvgIpc) is 2.97. The van der Waals surface area contributed by atoms with Gasteiger partial charge in [0.05, 0.1) is 29.3 Å². The minimum Gasteiger partial charge on any atom is -0.493 e. The van der Waals surface area contributed by atoms with E-state index >= 15 is 0 Å². The molecule has 2 aromatic carbocycles. The molecule has 1 fully saturated rings. The van der Waals surface area contributed by atoms with Crippen molar-refractivity contribution in [1.82, 2.24) is 5.32 Å². The number of carbonyl (C=O) groups excluding carboxylic acids is 1. The van der Waals surface area contributed by atoms with Gasteiger partial charge in [-0.25, -0.2) is 4.99 Å². The summed E-state index contributed by atoms with van der Waals surface area (Å²) in [5, 5.41) is 3.32. The number of nitrogens with zero attached hydrogens (tertiary/aromatic N) is 1. The van der Waals surface area contributed by atoms with Crippen LogP contribution in [0.25, 0.3) is 6.08 Å². The molecular formula is C18H14Br2N2O3S. The highest BCUT2D eigenvalue weighted by atomic mass is 79.9. The smallest absolute Gasteiger partial charge is 0.264 e. The first-order valence-corrected chi connectivity index (χ1v) is 9.87. The lowest BCUT2D eigenvalue weighted by atomic mass is 10.2. The quantitative estimate of drug-likeness (QED) is 0.595. The lowest BCUT2D eigenvalue weighted by molar-refractivity contribution is -0.115.